The van der Waals surface area contributed by atoms with E-state index in [9.17, 15) is 9.90 Å². The number of hydrogen-bond acceptors (Lipinski definition) is 4. The third kappa shape index (κ3) is 5.44. The van der Waals surface area contributed by atoms with E-state index < -0.39 is 11.1 Å². The lowest BCUT2D eigenvalue weighted by Gasteiger charge is -2.38. The molecule has 0 fully saturated rings. The first-order valence-corrected chi connectivity index (χ1v) is 5.44. The van der Waals surface area contributed by atoms with Crippen molar-refractivity contribution in [1.82, 2.24) is 10.6 Å². The Kier molecular flexibility index (Phi) is 5.92. The van der Waals surface area contributed by atoms with Gasteiger partial charge in [-0.3, -0.25) is 4.79 Å². The van der Waals surface area contributed by atoms with Crippen LogP contribution in [0.2, 0.25) is 0 Å². The van der Waals surface area contributed by atoms with Crippen LogP contribution in [0.25, 0.3) is 0 Å². The van der Waals surface area contributed by atoms with Gasteiger partial charge in [0.2, 0.25) is 5.91 Å². The lowest BCUT2D eigenvalue weighted by molar-refractivity contribution is -0.125. The Morgan fingerprint density at radius 2 is 1.88 bits per heavy atom. The van der Waals surface area contributed by atoms with Gasteiger partial charge in [0.1, 0.15) is 0 Å². The molecule has 96 valence electrons. The summed E-state index contributed by atoms with van der Waals surface area (Å²) in [5, 5.41) is 15.6. The first-order chi connectivity index (χ1) is 7.20. The highest BCUT2D eigenvalue weighted by molar-refractivity contribution is 5.78. The Morgan fingerprint density at radius 1 is 1.31 bits per heavy atom. The van der Waals surface area contributed by atoms with Crippen molar-refractivity contribution < 1.29 is 14.6 Å². The monoisotopic (exact) mass is 232 g/mol. The molecule has 0 aliphatic carbocycles. The minimum Gasteiger partial charge on any atom is -0.388 e. The molecule has 0 heterocycles. The van der Waals surface area contributed by atoms with Crippen LogP contribution in [0, 0.1) is 0 Å². The van der Waals surface area contributed by atoms with Crippen molar-refractivity contribution in [1.29, 1.82) is 0 Å². The minimum atomic E-state index is -0.963. The Balaban J connectivity index is 3.96. The zero-order valence-corrected chi connectivity index (χ0v) is 10.9. The Labute approximate surface area is 97.6 Å². The molecule has 0 saturated carbocycles. The summed E-state index contributed by atoms with van der Waals surface area (Å²) in [7, 11) is 1.61. The van der Waals surface area contributed by atoms with Crippen LogP contribution in [0.4, 0.5) is 0 Å². The van der Waals surface area contributed by atoms with E-state index >= 15 is 0 Å². The van der Waals surface area contributed by atoms with Gasteiger partial charge in [-0.15, -0.1) is 0 Å². The lowest BCUT2D eigenvalue weighted by atomic mass is 9.86. The molecule has 5 heteroatoms. The van der Waals surface area contributed by atoms with Crippen molar-refractivity contribution in [3.05, 3.63) is 0 Å². The van der Waals surface area contributed by atoms with Crippen LogP contribution in [-0.4, -0.2) is 49.0 Å². The van der Waals surface area contributed by atoms with Gasteiger partial charge in [0.25, 0.3) is 0 Å². The molecular formula is C11H24N2O3. The number of ether oxygens (including phenoxy) is 1. The summed E-state index contributed by atoms with van der Waals surface area (Å²) in [6.45, 7) is 8.36. The standard InChI is InChI=1S/C11H24N2O3/c1-10(2,11(3,4)15)13-9(14)8-12-6-7-16-5/h12,15H,6-8H2,1-5H3,(H,13,14). The second-order valence-electron chi connectivity index (χ2n) is 4.90. The normalized spacial score (nSPS) is 12.6. The van der Waals surface area contributed by atoms with Crippen molar-refractivity contribution in [3.63, 3.8) is 0 Å². The van der Waals surface area contributed by atoms with Gasteiger partial charge in [-0.25, -0.2) is 0 Å². The number of hydrogen-bond donors (Lipinski definition) is 3. The predicted octanol–water partition coefficient (Wildman–Crippen LogP) is -0.112. The van der Waals surface area contributed by atoms with Crippen molar-refractivity contribution in [2.75, 3.05) is 26.8 Å². The summed E-state index contributed by atoms with van der Waals surface area (Å²) in [4.78, 5) is 11.5. The van der Waals surface area contributed by atoms with E-state index in [1.54, 1.807) is 34.8 Å². The maximum absolute atomic E-state index is 11.5. The number of methoxy groups -OCH3 is 1. The molecule has 0 radical (unpaired) electrons. The summed E-state index contributed by atoms with van der Waals surface area (Å²) in [6, 6.07) is 0. The number of amides is 1. The first kappa shape index (κ1) is 15.3. The van der Waals surface area contributed by atoms with Crippen molar-refractivity contribution in [3.8, 4) is 0 Å². The molecule has 3 N–H and O–H groups in total. The Hall–Kier alpha value is -0.650. The number of carbonyl (C=O) groups excluding carboxylic acids is 1. The summed E-state index contributed by atoms with van der Waals surface area (Å²) in [5.74, 6) is -0.136. The average Bonchev–Trinajstić information content (AvgIpc) is 2.10. The second-order valence-corrected chi connectivity index (χ2v) is 4.90. The van der Waals surface area contributed by atoms with Crippen LogP contribution < -0.4 is 10.6 Å². The van der Waals surface area contributed by atoms with E-state index in [-0.39, 0.29) is 12.5 Å². The second kappa shape index (κ2) is 6.18. The molecule has 0 aliphatic heterocycles. The fourth-order valence-electron chi connectivity index (χ4n) is 0.922. The highest BCUT2D eigenvalue weighted by Gasteiger charge is 2.35. The number of carbonyl (C=O) groups is 1. The Bertz CT molecular complexity index is 222. The lowest BCUT2D eigenvalue weighted by Crippen LogP contribution is -2.59. The average molecular weight is 232 g/mol. The summed E-state index contributed by atoms with van der Waals surface area (Å²) < 4.78 is 4.84. The highest BCUT2D eigenvalue weighted by atomic mass is 16.5. The van der Waals surface area contributed by atoms with E-state index in [0.717, 1.165) is 0 Å². The first-order valence-electron chi connectivity index (χ1n) is 5.44. The fourth-order valence-corrected chi connectivity index (χ4v) is 0.922. The highest BCUT2D eigenvalue weighted by Crippen LogP contribution is 2.19. The van der Waals surface area contributed by atoms with Crippen LogP contribution in [0.1, 0.15) is 27.7 Å². The zero-order valence-electron chi connectivity index (χ0n) is 10.9. The van der Waals surface area contributed by atoms with Crippen LogP contribution >= 0.6 is 0 Å². The van der Waals surface area contributed by atoms with Crippen molar-refractivity contribution in [2.24, 2.45) is 0 Å². The summed E-state index contributed by atoms with van der Waals surface area (Å²) in [6.07, 6.45) is 0. The van der Waals surface area contributed by atoms with Crippen molar-refractivity contribution >= 4 is 5.91 Å². The van der Waals surface area contributed by atoms with Gasteiger partial charge in [-0.05, 0) is 27.7 Å². The van der Waals surface area contributed by atoms with E-state index in [2.05, 4.69) is 10.6 Å². The third-order valence-corrected chi connectivity index (χ3v) is 2.75. The maximum atomic E-state index is 11.5. The van der Waals surface area contributed by atoms with Gasteiger partial charge < -0.3 is 20.5 Å². The van der Waals surface area contributed by atoms with Crippen LogP contribution in [0.15, 0.2) is 0 Å². The minimum absolute atomic E-state index is 0.136. The smallest absolute Gasteiger partial charge is 0.234 e. The number of nitrogens with one attached hydrogen (secondary N) is 2. The Morgan fingerprint density at radius 3 is 2.31 bits per heavy atom. The van der Waals surface area contributed by atoms with E-state index in [4.69, 9.17) is 4.74 Å². The fraction of sp³-hybridized carbons (Fsp3) is 0.909. The molecule has 0 atom stereocenters. The molecule has 0 aliphatic rings. The molecule has 0 saturated heterocycles. The largest absolute Gasteiger partial charge is 0.388 e. The number of rotatable bonds is 7. The molecule has 1 amide bonds. The molecule has 0 spiro atoms. The maximum Gasteiger partial charge on any atom is 0.234 e. The number of aliphatic hydroxyl groups is 1. The van der Waals surface area contributed by atoms with Gasteiger partial charge in [-0.1, -0.05) is 0 Å². The van der Waals surface area contributed by atoms with Crippen molar-refractivity contribution in [2.45, 2.75) is 38.8 Å². The molecule has 0 unspecified atom stereocenters. The van der Waals surface area contributed by atoms with Gasteiger partial charge in [0.05, 0.1) is 24.3 Å². The van der Waals surface area contributed by atoms with E-state index in [1.807, 2.05) is 0 Å². The topological polar surface area (TPSA) is 70.6 Å². The predicted molar refractivity (Wildman–Crippen MR) is 63.3 cm³/mol. The molecule has 0 bridgehead atoms. The van der Waals surface area contributed by atoms with Gasteiger partial charge in [-0.2, -0.15) is 0 Å². The summed E-state index contributed by atoms with van der Waals surface area (Å²) >= 11 is 0. The molecular weight excluding hydrogens is 208 g/mol. The quantitative estimate of drug-likeness (QED) is 0.536. The van der Waals surface area contributed by atoms with Gasteiger partial charge in [0, 0.05) is 13.7 Å². The van der Waals surface area contributed by atoms with Gasteiger partial charge >= 0.3 is 0 Å². The zero-order chi connectivity index (χ0) is 12.8. The molecule has 0 aromatic carbocycles. The molecule has 0 rings (SSSR count). The van der Waals surface area contributed by atoms with Crippen LogP contribution in [-0.2, 0) is 9.53 Å². The summed E-state index contributed by atoms with van der Waals surface area (Å²) in [5.41, 5.74) is -1.62. The van der Waals surface area contributed by atoms with Gasteiger partial charge in [0.15, 0.2) is 0 Å². The third-order valence-electron chi connectivity index (χ3n) is 2.75. The van der Waals surface area contributed by atoms with E-state index in [1.165, 1.54) is 0 Å². The van der Waals surface area contributed by atoms with Crippen LogP contribution in [0.3, 0.4) is 0 Å². The molecule has 5 nitrogen and oxygen atoms in total. The van der Waals surface area contributed by atoms with Crippen LogP contribution in [0.5, 0.6) is 0 Å². The SMILES string of the molecule is COCCNCC(=O)NC(C)(C)C(C)(C)O. The molecule has 0 aromatic heterocycles. The van der Waals surface area contributed by atoms with E-state index in [0.29, 0.717) is 13.2 Å². The molecule has 0 aromatic rings. The molecule has 16 heavy (non-hydrogen) atoms.